The van der Waals surface area contributed by atoms with Gasteiger partial charge in [-0.3, -0.25) is 14.5 Å². The molecule has 0 aromatic heterocycles. The van der Waals surface area contributed by atoms with Crippen LogP contribution in [-0.2, 0) is 6.54 Å². The molecule has 0 spiro atoms. The summed E-state index contributed by atoms with van der Waals surface area (Å²) in [6.45, 7) is 3.44. The molecule has 3 aromatic carbocycles. The Morgan fingerprint density at radius 1 is 0.812 bits per heavy atom. The molecule has 5 heteroatoms. The van der Waals surface area contributed by atoms with Crippen molar-refractivity contribution in [1.29, 1.82) is 0 Å². The minimum absolute atomic E-state index is 0.215. The molecular weight excluding hydrogens is 416 g/mol. The summed E-state index contributed by atoms with van der Waals surface area (Å²) in [6.07, 6.45) is 4.77. The molecule has 0 atom stereocenters. The monoisotopic (exact) mass is 441 g/mol. The van der Waals surface area contributed by atoms with Crippen LogP contribution >= 0.6 is 11.8 Å². The van der Waals surface area contributed by atoms with Crippen LogP contribution in [0.15, 0.2) is 70.5 Å². The Morgan fingerprint density at radius 2 is 1.56 bits per heavy atom. The fraction of sp³-hybridized carbons (Fsp3) is 0.259. The summed E-state index contributed by atoms with van der Waals surface area (Å²) in [6, 6.07) is 22.8. The van der Waals surface area contributed by atoms with E-state index in [9.17, 15) is 9.59 Å². The summed E-state index contributed by atoms with van der Waals surface area (Å²) in [5, 5.41) is 0. The summed E-state index contributed by atoms with van der Waals surface area (Å²) in [4.78, 5) is 31.8. The number of imide groups is 1. The summed E-state index contributed by atoms with van der Waals surface area (Å²) in [5.74, 6) is -0.431. The minimum Gasteiger partial charge on any atom is -0.340 e. The molecule has 0 bridgehead atoms. The molecule has 2 aliphatic heterocycles. The van der Waals surface area contributed by atoms with E-state index < -0.39 is 0 Å². The van der Waals surface area contributed by atoms with Crippen molar-refractivity contribution in [3.63, 3.8) is 0 Å². The molecule has 0 saturated carbocycles. The molecule has 0 fully saturated rings. The van der Waals surface area contributed by atoms with E-state index in [1.165, 1.54) is 29.8 Å². The quantitative estimate of drug-likeness (QED) is 0.311. The highest BCUT2D eigenvalue weighted by atomic mass is 32.2. The number of amides is 2. The van der Waals surface area contributed by atoms with Gasteiger partial charge in [0.25, 0.3) is 11.8 Å². The van der Waals surface area contributed by atoms with E-state index in [1.54, 1.807) is 36.0 Å². The summed E-state index contributed by atoms with van der Waals surface area (Å²) in [5.41, 5.74) is 4.30. The molecule has 4 nitrogen and oxygen atoms in total. The minimum atomic E-state index is -0.215. The van der Waals surface area contributed by atoms with Crippen molar-refractivity contribution < 1.29 is 9.59 Å². The van der Waals surface area contributed by atoms with E-state index in [1.807, 2.05) is 24.3 Å². The molecule has 1 radical (unpaired) electrons. The Balaban J connectivity index is 1.47. The average Bonchev–Trinajstić information content (AvgIpc) is 3.06. The van der Waals surface area contributed by atoms with Gasteiger partial charge in [-0.25, -0.2) is 0 Å². The number of nitrogens with zero attached hydrogens (tertiary/aromatic N) is 2. The lowest BCUT2D eigenvalue weighted by molar-refractivity contribution is 0.0641. The van der Waals surface area contributed by atoms with Crippen LogP contribution in [-0.4, -0.2) is 23.3 Å². The fourth-order valence-electron chi connectivity index (χ4n) is 4.46. The second kappa shape index (κ2) is 8.83. The van der Waals surface area contributed by atoms with Crippen LogP contribution in [0, 0.1) is 6.07 Å². The maximum Gasteiger partial charge on any atom is 0.261 e. The Bertz CT molecular complexity index is 1150. The standard InChI is InChI=1S/C27H25N2O2S/c1-2-3-4-9-17-28-22-14-7-8-16-24(22)32-25-19(11-10-15-23(25)28)18-29-26(30)20-12-5-6-13-21(20)27(29)31/h5-8,10-15H,2-4,9,17-18H2,1H3. The molecule has 32 heavy (non-hydrogen) atoms. The highest BCUT2D eigenvalue weighted by Crippen LogP contribution is 2.49. The lowest BCUT2D eigenvalue weighted by atomic mass is 10.1. The number of anilines is 2. The van der Waals surface area contributed by atoms with Gasteiger partial charge in [-0.15, -0.1) is 0 Å². The van der Waals surface area contributed by atoms with Gasteiger partial charge in [0.05, 0.1) is 29.0 Å². The third-order valence-corrected chi connectivity index (χ3v) is 7.31. The van der Waals surface area contributed by atoms with Crippen LogP contribution in [0.3, 0.4) is 0 Å². The maximum atomic E-state index is 12.9. The zero-order chi connectivity index (χ0) is 22.1. The van der Waals surface area contributed by atoms with Gasteiger partial charge in [-0.05, 0) is 42.3 Å². The van der Waals surface area contributed by atoms with Gasteiger partial charge in [-0.1, -0.05) is 74.3 Å². The molecule has 0 aliphatic carbocycles. The number of carbonyl (C=O) groups is 2. The van der Waals surface area contributed by atoms with Crippen molar-refractivity contribution in [1.82, 2.24) is 4.90 Å². The van der Waals surface area contributed by atoms with E-state index >= 15 is 0 Å². The van der Waals surface area contributed by atoms with Gasteiger partial charge in [-0.2, -0.15) is 0 Å². The molecule has 3 aromatic rings. The number of unbranched alkanes of at least 4 members (excludes halogenated alkanes) is 3. The molecule has 2 aliphatic rings. The largest absolute Gasteiger partial charge is 0.340 e. The van der Waals surface area contributed by atoms with Crippen LogP contribution in [0.5, 0.6) is 0 Å². The molecule has 2 amide bonds. The molecule has 0 saturated heterocycles. The number of hydrogen-bond donors (Lipinski definition) is 0. The first-order valence-corrected chi connectivity index (χ1v) is 12.0. The fourth-order valence-corrected chi connectivity index (χ4v) is 5.62. The first-order valence-electron chi connectivity index (χ1n) is 11.2. The topological polar surface area (TPSA) is 40.6 Å². The number of hydrogen-bond acceptors (Lipinski definition) is 4. The average molecular weight is 442 g/mol. The van der Waals surface area contributed by atoms with E-state index in [-0.39, 0.29) is 18.4 Å². The predicted molar refractivity (Wildman–Crippen MR) is 128 cm³/mol. The third kappa shape index (κ3) is 3.61. The first kappa shape index (κ1) is 20.8. The number of carbonyl (C=O) groups excluding carboxylic acids is 2. The molecule has 0 N–H and O–H groups in total. The van der Waals surface area contributed by atoms with Crippen molar-refractivity contribution in [2.45, 2.75) is 48.9 Å². The lowest BCUT2D eigenvalue weighted by Crippen LogP contribution is -2.30. The molecule has 161 valence electrons. The summed E-state index contributed by atoms with van der Waals surface area (Å²) < 4.78 is 0. The SMILES string of the molecule is CCCCCCN1c2ccc[c]c2Sc2c(CN3C(=O)c4ccccc4C3=O)cccc21. The Kier molecular flexibility index (Phi) is 5.75. The summed E-state index contributed by atoms with van der Waals surface area (Å²) >= 11 is 1.68. The summed E-state index contributed by atoms with van der Waals surface area (Å²) in [7, 11) is 0. The zero-order valence-electron chi connectivity index (χ0n) is 18.1. The van der Waals surface area contributed by atoms with Crippen molar-refractivity contribution in [2.75, 3.05) is 11.4 Å². The van der Waals surface area contributed by atoms with E-state index in [0.717, 1.165) is 34.0 Å². The maximum absolute atomic E-state index is 12.9. The van der Waals surface area contributed by atoms with Crippen molar-refractivity contribution >= 4 is 35.0 Å². The van der Waals surface area contributed by atoms with Gasteiger partial charge < -0.3 is 4.90 Å². The van der Waals surface area contributed by atoms with E-state index in [2.05, 4.69) is 30.0 Å². The van der Waals surface area contributed by atoms with Gasteiger partial charge in [0.15, 0.2) is 0 Å². The van der Waals surface area contributed by atoms with Gasteiger partial charge >= 0.3 is 0 Å². The lowest BCUT2D eigenvalue weighted by Gasteiger charge is -2.34. The second-order valence-corrected chi connectivity index (χ2v) is 9.23. The normalized spacial score (nSPS) is 14.4. The van der Waals surface area contributed by atoms with Crippen LogP contribution in [0.2, 0.25) is 0 Å². The van der Waals surface area contributed by atoms with E-state index in [0.29, 0.717) is 11.1 Å². The van der Waals surface area contributed by atoms with Crippen LogP contribution in [0.25, 0.3) is 0 Å². The molecule has 0 unspecified atom stereocenters. The van der Waals surface area contributed by atoms with E-state index in [4.69, 9.17) is 0 Å². The van der Waals surface area contributed by atoms with Gasteiger partial charge in [0.2, 0.25) is 0 Å². The van der Waals surface area contributed by atoms with Crippen molar-refractivity contribution in [3.8, 4) is 0 Å². The highest BCUT2D eigenvalue weighted by Gasteiger charge is 2.36. The second-order valence-electron chi connectivity index (χ2n) is 8.21. The van der Waals surface area contributed by atoms with Gasteiger partial charge in [0.1, 0.15) is 0 Å². The molecule has 5 rings (SSSR count). The number of rotatable bonds is 7. The zero-order valence-corrected chi connectivity index (χ0v) is 19.0. The molecular formula is C27H25N2O2S. The molecule has 2 heterocycles. The van der Waals surface area contributed by atoms with Crippen LogP contribution in [0.4, 0.5) is 11.4 Å². The van der Waals surface area contributed by atoms with Crippen molar-refractivity contribution in [2.24, 2.45) is 0 Å². The third-order valence-electron chi connectivity index (χ3n) is 6.10. The van der Waals surface area contributed by atoms with Crippen molar-refractivity contribution in [3.05, 3.63) is 83.4 Å². The number of fused-ring (bicyclic) bond motifs is 3. The van der Waals surface area contributed by atoms with Crippen LogP contribution < -0.4 is 4.90 Å². The first-order chi connectivity index (χ1) is 15.7. The predicted octanol–water partition coefficient (Wildman–Crippen LogP) is 6.47. The highest BCUT2D eigenvalue weighted by molar-refractivity contribution is 7.99. The Morgan fingerprint density at radius 3 is 2.31 bits per heavy atom. The van der Waals surface area contributed by atoms with Gasteiger partial charge in [0, 0.05) is 16.3 Å². The van der Waals surface area contributed by atoms with Crippen LogP contribution in [0.1, 0.15) is 58.9 Å². The number of benzene rings is 3. The smallest absolute Gasteiger partial charge is 0.261 e. The Hall–Kier alpha value is -3.05. The Labute approximate surface area is 193 Å².